The van der Waals surface area contributed by atoms with Crippen molar-refractivity contribution in [3.8, 4) is 11.8 Å². The molecule has 156 valence electrons. The fraction of sp³-hybridized carbons (Fsp3) is 0.192. The third-order valence-electron chi connectivity index (χ3n) is 4.86. The smallest absolute Gasteiger partial charge is 0.256 e. The van der Waals surface area contributed by atoms with E-state index in [1.807, 2.05) is 24.3 Å². The van der Waals surface area contributed by atoms with Crippen LogP contribution in [0.2, 0.25) is 0 Å². The molecule has 0 spiro atoms. The Kier molecular flexibility index (Phi) is 7.56. The summed E-state index contributed by atoms with van der Waals surface area (Å²) < 4.78 is 5.78. The van der Waals surface area contributed by atoms with Crippen LogP contribution in [0, 0.1) is 11.3 Å². The molecule has 0 atom stereocenters. The zero-order valence-electron chi connectivity index (χ0n) is 17.4. The number of Topliss-reactive ketones (excluding diaryl/α,β-unsaturated/α-hetero) is 1. The van der Waals surface area contributed by atoms with Crippen LogP contribution in [0.3, 0.4) is 0 Å². The lowest BCUT2D eigenvalue weighted by atomic mass is 10.0. The molecule has 0 aliphatic carbocycles. The van der Waals surface area contributed by atoms with E-state index >= 15 is 0 Å². The molecule has 3 aromatic rings. The third kappa shape index (κ3) is 6.28. The number of carbonyl (C=O) groups excluding carboxylic acids is 2. The van der Waals surface area contributed by atoms with Crippen LogP contribution < -0.4 is 10.1 Å². The van der Waals surface area contributed by atoms with E-state index in [1.165, 1.54) is 30.7 Å². The van der Waals surface area contributed by atoms with Crippen molar-refractivity contribution in [2.24, 2.45) is 0 Å². The number of benzene rings is 3. The van der Waals surface area contributed by atoms with Crippen molar-refractivity contribution < 1.29 is 14.3 Å². The summed E-state index contributed by atoms with van der Waals surface area (Å²) in [4.78, 5) is 24.5. The highest BCUT2D eigenvalue weighted by Crippen LogP contribution is 2.19. The normalized spacial score (nSPS) is 10.2. The fourth-order valence-corrected chi connectivity index (χ4v) is 3.21. The SMILES string of the molecule is CC(=O)c1ccc(C#N)cc1C(=O)Nc1ccc(OCCCCc2ccccc2)cc1. The second-order valence-corrected chi connectivity index (χ2v) is 7.20. The Morgan fingerprint density at radius 2 is 1.68 bits per heavy atom. The van der Waals surface area contributed by atoms with Crippen LogP contribution in [0.5, 0.6) is 5.75 Å². The molecule has 0 aromatic heterocycles. The molecule has 31 heavy (non-hydrogen) atoms. The molecule has 1 amide bonds. The van der Waals surface area contributed by atoms with E-state index in [9.17, 15) is 9.59 Å². The van der Waals surface area contributed by atoms with Gasteiger partial charge < -0.3 is 10.1 Å². The highest BCUT2D eigenvalue weighted by Gasteiger charge is 2.15. The molecule has 0 saturated heterocycles. The van der Waals surface area contributed by atoms with E-state index in [-0.39, 0.29) is 16.9 Å². The monoisotopic (exact) mass is 412 g/mol. The summed E-state index contributed by atoms with van der Waals surface area (Å²) in [5.74, 6) is 0.0659. The number of nitrogens with zero attached hydrogens (tertiary/aromatic N) is 1. The lowest BCUT2D eigenvalue weighted by Crippen LogP contribution is -2.16. The van der Waals surface area contributed by atoms with Crippen LogP contribution >= 0.6 is 0 Å². The van der Waals surface area contributed by atoms with Gasteiger partial charge in [0.05, 0.1) is 23.8 Å². The number of unbranched alkanes of at least 4 members (excludes halogenated alkanes) is 1. The van der Waals surface area contributed by atoms with E-state index in [1.54, 1.807) is 24.3 Å². The van der Waals surface area contributed by atoms with Gasteiger partial charge in [0.25, 0.3) is 5.91 Å². The molecule has 0 saturated carbocycles. The Bertz CT molecular complexity index is 1080. The molecule has 1 N–H and O–H groups in total. The first kappa shape index (κ1) is 21.8. The standard InChI is InChI=1S/C26H24N2O3/c1-19(29)24-15-10-21(18-27)17-25(24)26(30)28-22-11-13-23(14-12-22)31-16-6-5-9-20-7-3-2-4-8-20/h2-4,7-8,10-15,17H,5-6,9,16H2,1H3,(H,28,30). The van der Waals surface area contributed by atoms with Gasteiger partial charge in [-0.15, -0.1) is 0 Å². The molecule has 0 aliphatic rings. The zero-order chi connectivity index (χ0) is 22.1. The Morgan fingerprint density at radius 1 is 0.935 bits per heavy atom. The number of ketones is 1. The lowest BCUT2D eigenvalue weighted by molar-refractivity contribution is 0.0985. The summed E-state index contributed by atoms with van der Waals surface area (Å²) in [6, 6.07) is 23.9. The van der Waals surface area contributed by atoms with Crippen molar-refractivity contribution in [3.05, 3.63) is 95.1 Å². The number of amides is 1. The van der Waals surface area contributed by atoms with Gasteiger partial charge in [0.1, 0.15) is 5.75 Å². The number of rotatable bonds is 9. The minimum Gasteiger partial charge on any atom is -0.494 e. The third-order valence-corrected chi connectivity index (χ3v) is 4.86. The number of nitrogens with one attached hydrogen (secondary N) is 1. The minimum atomic E-state index is -0.433. The first-order valence-electron chi connectivity index (χ1n) is 10.2. The maximum atomic E-state index is 12.6. The van der Waals surface area contributed by atoms with Crippen molar-refractivity contribution in [2.45, 2.75) is 26.2 Å². The second kappa shape index (κ2) is 10.7. The summed E-state index contributed by atoms with van der Waals surface area (Å²) in [7, 11) is 0. The Balaban J connectivity index is 1.52. The van der Waals surface area contributed by atoms with E-state index in [0.29, 0.717) is 17.9 Å². The maximum Gasteiger partial charge on any atom is 0.256 e. The van der Waals surface area contributed by atoms with E-state index < -0.39 is 5.91 Å². The highest BCUT2D eigenvalue weighted by atomic mass is 16.5. The average molecular weight is 412 g/mol. The number of hydrogen-bond donors (Lipinski definition) is 1. The fourth-order valence-electron chi connectivity index (χ4n) is 3.21. The number of ether oxygens (including phenoxy) is 1. The highest BCUT2D eigenvalue weighted by molar-refractivity contribution is 6.12. The Labute approximate surface area is 182 Å². The molecule has 5 nitrogen and oxygen atoms in total. The van der Waals surface area contributed by atoms with Crippen molar-refractivity contribution in [1.82, 2.24) is 0 Å². The first-order valence-corrected chi connectivity index (χ1v) is 10.2. The van der Waals surface area contributed by atoms with E-state index in [4.69, 9.17) is 10.00 Å². The summed E-state index contributed by atoms with van der Waals surface area (Å²) in [6.07, 6.45) is 3.04. The summed E-state index contributed by atoms with van der Waals surface area (Å²) in [5, 5.41) is 11.8. The quantitative estimate of drug-likeness (QED) is 0.376. The second-order valence-electron chi connectivity index (χ2n) is 7.20. The molecule has 0 fully saturated rings. The van der Waals surface area contributed by atoms with Gasteiger partial charge in [0.15, 0.2) is 5.78 Å². The lowest BCUT2D eigenvalue weighted by Gasteiger charge is -2.10. The molecule has 5 heteroatoms. The van der Waals surface area contributed by atoms with Gasteiger partial charge in [0, 0.05) is 11.3 Å². The van der Waals surface area contributed by atoms with Gasteiger partial charge in [0.2, 0.25) is 0 Å². The maximum absolute atomic E-state index is 12.6. The molecular weight excluding hydrogens is 388 g/mol. The predicted molar refractivity (Wildman–Crippen MR) is 120 cm³/mol. The van der Waals surface area contributed by atoms with Crippen LogP contribution in [-0.2, 0) is 6.42 Å². The molecule has 3 rings (SSSR count). The van der Waals surface area contributed by atoms with Crippen LogP contribution in [-0.4, -0.2) is 18.3 Å². The van der Waals surface area contributed by atoms with Crippen LogP contribution in [0.1, 0.15) is 51.6 Å². The minimum absolute atomic E-state index is 0.185. The molecule has 0 heterocycles. The van der Waals surface area contributed by atoms with Crippen molar-refractivity contribution in [2.75, 3.05) is 11.9 Å². The first-order chi connectivity index (χ1) is 15.1. The largest absolute Gasteiger partial charge is 0.494 e. The van der Waals surface area contributed by atoms with Crippen LogP contribution in [0.15, 0.2) is 72.8 Å². The number of carbonyl (C=O) groups is 2. The molecule has 3 aromatic carbocycles. The average Bonchev–Trinajstić information content (AvgIpc) is 2.80. The van der Waals surface area contributed by atoms with Gasteiger partial charge in [-0.05, 0) is 74.2 Å². The predicted octanol–water partition coefficient (Wildman–Crippen LogP) is 5.41. The number of nitriles is 1. The number of anilines is 1. The summed E-state index contributed by atoms with van der Waals surface area (Å²) in [6.45, 7) is 2.02. The number of hydrogen-bond acceptors (Lipinski definition) is 4. The molecule has 0 unspecified atom stereocenters. The van der Waals surface area contributed by atoms with Gasteiger partial charge in [-0.2, -0.15) is 5.26 Å². The Hall–Kier alpha value is -3.91. The van der Waals surface area contributed by atoms with Crippen molar-refractivity contribution in [1.29, 1.82) is 5.26 Å². The topological polar surface area (TPSA) is 79.2 Å². The van der Waals surface area contributed by atoms with E-state index in [0.717, 1.165) is 25.0 Å². The molecule has 0 radical (unpaired) electrons. The van der Waals surface area contributed by atoms with Gasteiger partial charge in [-0.1, -0.05) is 30.3 Å². The summed E-state index contributed by atoms with van der Waals surface area (Å²) >= 11 is 0. The Morgan fingerprint density at radius 3 is 2.35 bits per heavy atom. The zero-order valence-corrected chi connectivity index (χ0v) is 17.4. The summed E-state index contributed by atoms with van der Waals surface area (Å²) in [5.41, 5.74) is 2.71. The van der Waals surface area contributed by atoms with Gasteiger partial charge >= 0.3 is 0 Å². The molecule has 0 aliphatic heterocycles. The van der Waals surface area contributed by atoms with Crippen molar-refractivity contribution >= 4 is 17.4 Å². The molecular formula is C26H24N2O3. The van der Waals surface area contributed by atoms with E-state index in [2.05, 4.69) is 17.4 Å². The van der Waals surface area contributed by atoms with Crippen LogP contribution in [0.25, 0.3) is 0 Å². The van der Waals surface area contributed by atoms with Gasteiger partial charge in [-0.3, -0.25) is 9.59 Å². The van der Waals surface area contributed by atoms with Crippen molar-refractivity contribution in [3.63, 3.8) is 0 Å². The van der Waals surface area contributed by atoms with Crippen LogP contribution in [0.4, 0.5) is 5.69 Å². The number of aryl methyl sites for hydroxylation is 1. The van der Waals surface area contributed by atoms with Gasteiger partial charge in [-0.25, -0.2) is 0 Å². The molecule has 0 bridgehead atoms.